The number of aliphatic hydroxyl groups excluding tert-OH is 24. The van der Waals surface area contributed by atoms with E-state index >= 15 is 0 Å². The Morgan fingerprint density at radius 2 is 0.386 bits per heavy atom. The fourth-order valence-corrected chi connectivity index (χ4v) is 15.2. The first-order valence-electron chi connectivity index (χ1n) is 47.5. The Morgan fingerprint density at radius 1 is 0.200 bits per heavy atom. The number of carbonyl (C=O) groups is 9. The van der Waals surface area contributed by atoms with Crippen molar-refractivity contribution in [2.75, 3.05) is 88.8 Å². The van der Waals surface area contributed by atoms with Crippen molar-refractivity contribution < 1.29 is 219 Å². The summed E-state index contributed by atoms with van der Waals surface area (Å²) in [6.07, 6.45) is -21.4. The lowest BCUT2D eigenvalue weighted by atomic mass is 9.92. The molecule has 0 radical (unpaired) electrons. The summed E-state index contributed by atoms with van der Waals surface area (Å²) in [6, 6.07) is 0. The number of carboxylic acid groups (broad SMARTS) is 4. The molecule has 0 saturated carbocycles. The van der Waals surface area contributed by atoms with Crippen LogP contribution in [-0.2, 0) is 76.3 Å². The average Bonchev–Trinajstić information content (AvgIpc) is 0.789. The van der Waals surface area contributed by atoms with Crippen molar-refractivity contribution in [1.82, 2.24) is 53.2 Å². The summed E-state index contributed by atoms with van der Waals surface area (Å²) in [5, 5.41) is 290. The summed E-state index contributed by atoms with van der Waals surface area (Å²) in [4.78, 5) is 98.6. The number of carbonyl (C=O) groups excluding carboxylic acids is 5. The molecule has 0 aromatic carbocycles. The van der Waals surface area contributed by atoms with Crippen LogP contribution in [0.25, 0.3) is 0 Å². The number of nitrogens with one attached hydrogen (secondary N) is 10. The average molecular weight is 2040 g/mol. The highest BCUT2D eigenvalue weighted by Gasteiger charge is 2.52. The van der Waals surface area contributed by atoms with Gasteiger partial charge < -0.3 is 203 Å². The van der Waals surface area contributed by atoms with Crippen LogP contribution in [0.3, 0.4) is 0 Å². The maximum Gasteiger partial charge on any atom is 0.335 e. The molecule has 0 spiro atoms. The van der Waals surface area contributed by atoms with Gasteiger partial charge in [-0.1, -0.05) is 89.9 Å². The summed E-state index contributed by atoms with van der Waals surface area (Å²) < 4.78 is 35.9. The van der Waals surface area contributed by atoms with Gasteiger partial charge in [0.25, 0.3) is 0 Å². The molecule has 0 aliphatic carbocycles. The van der Waals surface area contributed by atoms with Gasteiger partial charge in [-0.2, -0.15) is 0 Å². The predicted octanol–water partition coefficient (Wildman–Crippen LogP) is -12.8. The first kappa shape index (κ1) is 132. The van der Waals surface area contributed by atoms with E-state index < -0.39 is 258 Å². The number of aliphatic hydroxyl groups is 24. The Bertz CT molecular complexity index is 3370. The second kappa shape index (κ2) is 73.0. The van der Waals surface area contributed by atoms with Crippen molar-refractivity contribution in [2.24, 2.45) is 0 Å². The van der Waals surface area contributed by atoms with Crippen molar-refractivity contribution in [3.8, 4) is 0 Å². The molecule has 54 heteroatoms. The maximum atomic E-state index is 11.1. The molecular weight excluding hydrogens is 1880 g/mol. The quantitative estimate of drug-likeness (QED) is 0.0252. The number of carboxylic acids is 4. The second-order valence-electron chi connectivity index (χ2n) is 34.5. The standard InChI is InChI=1S/C18H34N2O7.C18H36N2O6.C12H22N2O7.C12H21NO7.C12H23NO6.C7H13NO6.C7H15NO5/c1-19-12(21)10-8-6-4-2-3-5-7-9-11-20-17-15(24)13(22)14(23)16(27-17)18(25)26;1-19-14(22)10-8-6-4-2-3-5-7-9-11-20-18-17(25)16(24)15(23)13(12-21)26-18;1-13-6(15)4-2-3-5-14-11-9(18)7(16)8(17)10(21-11)12(19)20;1-13-7(14)5-3-2-4-6-8(15)9(16)10(17)11(20-6)12(18)19;1-13-9(15)5-3-2-4-7-10(16)12(18)11(17)8(6-14)19-7;1-8-6-4(11)2(9)3(10)5(14-6)7(12)13;1-8-7-6(12)5(11)4(10)3(2-9)13-7/h13-17,20,22-24H,2-11H2,1H3,(H,19,21)(H,25,26);13,15-18,20-21,23-25H,2-12H2,1H3,(H,19,22);7-11,14,16-18H,2-5H2,1H3,(H,13,15)(H,19,20);6,8-11,15-17H,2-5H2,1H3,(H,13,14)(H,18,19);7-8,10-12,14,16-18H,2-6H2,1H3,(H,13,15);2-6,8-11H,1H3,(H,12,13);3-12H,2H2,1H3. The molecule has 54 nitrogen and oxygen atoms in total. The van der Waals surface area contributed by atoms with Crippen LogP contribution in [0.15, 0.2) is 0 Å². The molecule has 0 aromatic heterocycles. The molecule has 7 saturated heterocycles. The first-order valence-corrected chi connectivity index (χ1v) is 47.5. The van der Waals surface area contributed by atoms with Gasteiger partial charge in [-0.25, -0.2) is 19.2 Å². The Labute approximate surface area is 812 Å². The lowest BCUT2D eigenvalue weighted by Crippen LogP contribution is -2.63. The summed E-state index contributed by atoms with van der Waals surface area (Å²) in [5.74, 6) is -5.60. The van der Waals surface area contributed by atoms with Gasteiger partial charge >= 0.3 is 23.9 Å². The number of rotatable bonds is 49. The zero-order valence-electron chi connectivity index (χ0n) is 80.5. The van der Waals surface area contributed by atoms with Crippen molar-refractivity contribution in [3.63, 3.8) is 0 Å². The number of unbranched alkanes of at least 4 members (excludes halogenated alkanes) is 17. The highest BCUT2D eigenvalue weighted by molar-refractivity contribution is 5.77. The van der Waals surface area contributed by atoms with Crippen LogP contribution in [0.1, 0.15) is 186 Å². The molecular formula is C86H164N10O44. The fourth-order valence-electron chi connectivity index (χ4n) is 15.2. The Balaban J connectivity index is 0.000000826. The molecule has 7 heterocycles. The lowest BCUT2D eigenvalue weighted by Gasteiger charge is -2.40. The smallest absolute Gasteiger partial charge is 0.335 e. The second-order valence-corrected chi connectivity index (χ2v) is 34.5. The third kappa shape index (κ3) is 46.7. The number of amides is 5. The van der Waals surface area contributed by atoms with Crippen LogP contribution in [0.2, 0.25) is 0 Å². The van der Waals surface area contributed by atoms with Crippen molar-refractivity contribution in [1.29, 1.82) is 0 Å². The molecule has 0 bridgehead atoms. The minimum absolute atomic E-state index is 0.0474. The van der Waals surface area contributed by atoms with Crippen LogP contribution in [0.4, 0.5) is 0 Å². The minimum atomic E-state index is -1.69. The van der Waals surface area contributed by atoms with Gasteiger partial charge in [0.05, 0.1) is 32.0 Å². The summed E-state index contributed by atoms with van der Waals surface area (Å²) in [6.45, 7) is 0.292. The minimum Gasteiger partial charge on any atom is -0.479 e. The van der Waals surface area contributed by atoms with Crippen molar-refractivity contribution >= 4 is 53.4 Å². The summed E-state index contributed by atoms with van der Waals surface area (Å²) in [7, 11) is 10.9. The number of likely N-dealkylation sites (N-methyl/N-ethyl adjacent to an activating group) is 2. The SMILES string of the molecule is CNC(=O)CCCCC1OC(C(=O)O)C(O)C(O)C1O.CNC(=O)CCCCC1OC(CO)C(O)C(O)C1O.CNC(=O)CCCCCCCCCCNC1OC(C(=O)O)C(O)C(O)C1O.CNC(=O)CCCCCCCCCCNC1OC(CO)C(O)C(O)C1O.CNC(=O)CCCCNC1OC(C(=O)O)C(O)C(O)C1O.CNC1OC(C(=O)O)C(O)C(O)C1O.CNC1OC(CO)C(O)C(O)C1O. The van der Waals surface area contributed by atoms with Gasteiger partial charge in [-0.05, 0) is 97.9 Å². The van der Waals surface area contributed by atoms with Crippen LogP contribution in [0, 0.1) is 0 Å². The van der Waals surface area contributed by atoms with Gasteiger partial charge in [-0.15, -0.1) is 0 Å². The highest BCUT2D eigenvalue weighted by Crippen LogP contribution is 2.30. The van der Waals surface area contributed by atoms with E-state index in [4.69, 9.17) is 68.9 Å². The molecule has 0 aromatic rings. The molecule has 7 aliphatic heterocycles. The van der Waals surface area contributed by atoms with Gasteiger partial charge in [-0.3, -0.25) is 50.6 Å². The first-order chi connectivity index (χ1) is 66.2. The van der Waals surface area contributed by atoms with E-state index in [1.165, 1.54) is 26.9 Å². The molecule has 35 atom stereocenters. The lowest BCUT2D eigenvalue weighted by molar-refractivity contribution is -0.236. The summed E-state index contributed by atoms with van der Waals surface area (Å²) >= 11 is 0. The number of hydrogen-bond acceptors (Lipinski definition) is 45. The van der Waals surface area contributed by atoms with Gasteiger partial charge in [0.1, 0.15) is 178 Å². The van der Waals surface area contributed by atoms with E-state index in [1.54, 1.807) is 35.2 Å². The van der Waals surface area contributed by atoms with Gasteiger partial charge in [0.15, 0.2) is 24.4 Å². The van der Waals surface area contributed by atoms with E-state index in [-0.39, 0.29) is 29.5 Å². The monoisotopic (exact) mass is 2040 g/mol. The number of aliphatic carboxylic acids is 4. The predicted molar refractivity (Wildman–Crippen MR) is 485 cm³/mol. The maximum absolute atomic E-state index is 11.1. The third-order valence-corrected chi connectivity index (χ3v) is 24.1. The molecule has 7 fully saturated rings. The zero-order valence-corrected chi connectivity index (χ0v) is 80.5. The number of ether oxygens (including phenoxy) is 7. The third-order valence-electron chi connectivity index (χ3n) is 24.1. The van der Waals surface area contributed by atoms with Crippen LogP contribution in [0.5, 0.6) is 0 Å². The van der Waals surface area contributed by atoms with Crippen molar-refractivity contribution in [3.05, 3.63) is 0 Å². The molecule has 140 heavy (non-hydrogen) atoms. The van der Waals surface area contributed by atoms with Crippen LogP contribution < -0.4 is 53.2 Å². The molecule has 5 amide bonds. The summed E-state index contributed by atoms with van der Waals surface area (Å²) in [5.41, 5.74) is 0. The zero-order chi connectivity index (χ0) is 106. The van der Waals surface area contributed by atoms with Gasteiger partial charge in [0, 0.05) is 67.3 Å². The Morgan fingerprint density at radius 3 is 0.664 bits per heavy atom. The van der Waals surface area contributed by atoms with Crippen molar-refractivity contribution in [2.45, 2.75) is 400 Å². The fraction of sp³-hybridized carbons (Fsp3) is 0.895. The molecule has 35 unspecified atom stereocenters. The van der Waals surface area contributed by atoms with E-state index in [9.17, 15) is 150 Å². The number of hydrogen-bond donors (Lipinski definition) is 38. The van der Waals surface area contributed by atoms with E-state index in [0.29, 0.717) is 103 Å². The van der Waals surface area contributed by atoms with Gasteiger partial charge in [0.2, 0.25) is 29.5 Å². The Kier molecular flexibility index (Phi) is 68.7. The largest absolute Gasteiger partial charge is 0.479 e. The topological polar surface area (TPSA) is 905 Å². The van der Waals surface area contributed by atoms with Crippen LogP contribution in [-0.4, -0.2) is 499 Å². The highest BCUT2D eigenvalue weighted by atomic mass is 16.6. The molecule has 7 rings (SSSR count). The Hall–Kier alpha value is -6.21. The molecule has 38 N–H and O–H groups in total. The molecule has 822 valence electrons. The van der Waals surface area contributed by atoms with E-state index in [2.05, 4.69) is 53.2 Å². The van der Waals surface area contributed by atoms with E-state index in [1.807, 2.05) is 0 Å². The normalized spacial score (nSPS) is 33.9. The molecule has 7 aliphatic rings. The van der Waals surface area contributed by atoms with E-state index in [0.717, 1.165) is 89.9 Å². The van der Waals surface area contributed by atoms with Crippen LogP contribution >= 0.6 is 0 Å².